The first-order valence-electron chi connectivity index (χ1n) is 6.16. The zero-order valence-electron chi connectivity index (χ0n) is 10.9. The SMILES string of the molecule is COCCNCC(O)c1cnnn1-c1ccccc1. The molecule has 0 radical (unpaired) electrons. The van der Waals surface area contributed by atoms with Crippen molar-refractivity contribution in [2.75, 3.05) is 26.8 Å². The summed E-state index contributed by atoms with van der Waals surface area (Å²) >= 11 is 0. The number of methoxy groups -OCH3 is 1. The van der Waals surface area contributed by atoms with Crippen LogP contribution in [0.25, 0.3) is 5.69 Å². The number of hydrogen-bond donors (Lipinski definition) is 2. The number of aliphatic hydroxyl groups excluding tert-OH is 1. The van der Waals surface area contributed by atoms with E-state index in [4.69, 9.17) is 4.74 Å². The van der Waals surface area contributed by atoms with Crippen LogP contribution >= 0.6 is 0 Å². The lowest BCUT2D eigenvalue weighted by Gasteiger charge is -2.13. The second kappa shape index (κ2) is 6.98. The molecule has 102 valence electrons. The van der Waals surface area contributed by atoms with E-state index in [-0.39, 0.29) is 0 Å². The molecule has 0 aliphatic heterocycles. The molecular weight excluding hydrogens is 244 g/mol. The Kier molecular flexibility index (Phi) is 5.02. The summed E-state index contributed by atoms with van der Waals surface area (Å²) in [6.45, 7) is 1.74. The van der Waals surface area contributed by atoms with Crippen molar-refractivity contribution >= 4 is 0 Å². The van der Waals surface area contributed by atoms with E-state index in [1.54, 1.807) is 18.0 Å². The third-order valence-electron chi connectivity index (χ3n) is 2.74. The number of aliphatic hydroxyl groups is 1. The molecule has 19 heavy (non-hydrogen) atoms. The standard InChI is InChI=1S/C13H18N4O2/c1-19-8-7-14-10-13(18)12-9-15-16-17(12)11-5-3-2-4-6-11/h2-6,9,13-14,18H,7-8,10H2,1H3. The fourth-order valence-electron chi connectivity index (χ4n) is 1.76. The average molecular weight is 262 g/mol. The molecule has 0 fully saturated rings. The van der Waals surface area contributed by atoms with Crippen molar-refractivity contribution in [1.82, 2.24) is 20.3 Å². The fraction of sp³-hybridized carbons (Fsp3) is 0.385. The summed E-state index contributed by atoms with van der Waals surface area (Å²) in [5.41, 5.74) is 1.54. The van der Waals surface area contributed by atoms with Gasteiger partial charge in [0.15, 0.2) is 0 Å². The van der Waals surface area contributed by atoms with Crippen LogP contribution in [0.1, 0.15) is 11.8 Å². The van der Waals surface area contributed by atoms with Gasteiger partial charge in [-0.25, -0.2) is 4.68 Å². The molecule has 1 aromatic carbocycles. The second-order valence-corrected chi connectivity index (χ2v) is 4.12. The Labute approximate surface area is 112 Å². The van der Waals surface area contributed by atoms with Crippen molar-refractivity contribution in [3.05, 3.63) is 42.2 Å². The molecular formula is C13H18N4O2. The molecule has 0 bridgehead atoms. The van der Waals surface area contributed by atoms with Gasteiger partial charge in [-0.2, -0.15) is 0 Å². The predicted molar refractivity (Wildman–Crippen MR) is 71.1 cm³/mol. The maximum absolute atomic E-state index is 10.1. The van der Waals surface area contributed by atoms with Gasteiger partial charge < -0.3 is 15.2 Å². The molecule has 2 aromatic rings. The van der Waals surface area contributed by atoms with Gasteiger partial charge in [0.1, 0.15) is 6.10 Å². The molecule has 1 heterocycles. The third-order valence-corrected chi connectivity index (χ3v) is 2.74. The average Bonchev–Trinajstić information content (AvgIpc) is 2.94. The molecule has 2 rings (SSSR count). The van der Waals surface area contributed by atoms with E-state index in [9.17, 15) is 5.11 Å². The number of nitrogens with zero attached hydrogens (tertiary/aromatic N) is 3. The second-order valence-electron chi connectivity index (χ2n) is 4.12. The highest BCUT2D eigenvalue weighted by molar-refractivity contribution is 5.31. The molecule has 1 unspecified atom stereocenters. The van der Waals surface area contributed by atoms with Crippen molar-refractivity contribution in [3.63, 3.8) is 0 Å². The minimum absolute atomic E-state index is 0.434. The molecule has 1 aromatic heterocycles. The van der Waals surface area contributed by atoms with Crippen molar-refractivity contribution in [2.24, 2.45) is 0 Å². The maximum Gasteiger partial charge on any atom is 0.110 e. The smallest absolute Gasteiger partial charge is 0.110 e. The monoisotopic (exact) mass is 262 g/mol. The lowest BCUT2D eigenvalue weighted by atomic mass is 10.2. The van der Waals surface area contributed by atoms with E-state index in [1.165, 1.54) is 0 Å². The summed E-state index contributed by atoms with van der Waals surface area (Å²) in [5, 5.41) is 21.1. The number of benzene rings is 1. The minimum Gasteiger partial charge on any atom is -0.385 e. The zero-order valence-corrected chi connectivity index (χ0v) is 10.9. The van der Waals surface area contributed by atoms with Gasteiger partial charge in [-0.3, -0.25) is 0 Å². The first kappa shape index (κ1) is 13.7. The van der Waals surface area contributed by atoms with Crippen LogP contribution in [0.3, 0.4) is 0 Å². The quantitative estimate of drug-likeness (QED) is 0.712. The van der Waals surface area contributed by atoms with E-state index in [0.717, 1.165) is 5.69 Å². The molecule has 0 aliphatic rings. The molecule has 6 heteroatoms. The first-order chi connectivity index (χ1) is 9.33. The van der Waals surface area contributed by atoms with Gasteiger partial charge >= 0.3 is 0 Å². The van der Waals surface area contributed by atoms with Crippen LogP contribution in [0.2, 0.25) is 0 Å². The Morgan fingerprint density at radius 3 is 2.89 bits per heavy atom. The van der Waals surface area contributed by atoms with E-state index in [1.807, 2.05) is 30.3 Å². The number of nitrogens with one attached hydrogen (secondary N) is 1. The summed E-state index contributed by atoms with van der Waals surface area (Å²) in [6, 6.07) is 9.61. The summed E-state index contributed by atoms with van der Waals surface area (Å²) in [7, 11) is 1.65. The predicted octanol–water partition coefficient (Wildman–Crippen LogP) is 0.537. The minimum atomic E-state index is -0.660. The molecule has 0 amide bonds. The normalized spacial score (nSPS) is 12.5. The Morgan fingerprint density at radius 2 is 2.16 bits per heavy atom. The number of ether oxygens (including phenoxy) is 1. The lowest BCUT2D eigenvalue weighted by molar-refractivity contribution is 0.156. The van der Waals surface area contributed by atoms with Crippen molar-refractivity contribution in [1.29, 1.82) is 0 Å². The van der Waals surface area contributed by atoms with Crippen molar-refractivity contribution in [2.45, 2.75) is 6.10 Å². The molecule has 6 nitrogen and oxygen atoms in total. The lowest BCUT2D eigenvalue weighted by Crippen LogP contribution is -2.26. The largest absolute Gasteiger partial charge is 0.385 e. The highest BCUT2D eigenvalue weighted by atomic mass is 16.5. The van der Waals surface area contributed by atoms with Crippen LogP contribution in [0.5, 0.6) is 0 Å². The van der Waals surface area contributed by atoms with Gasteiger partial charge in [-0.1, -0.05) is 23.4 Å². The van der Waals surface area contributed by atoms with E-state index >= 15 is 0 Å². The number of aromatic nitrogens is 3. The van der Waals surface area contributed by atoms with E-state index in [2.05, 4.69) is 15.6 Å². The summed E-state index contributed by atoms with van der Waals surface area (Å²) in [5.74, 6) is 0. The molecule has 1 atom stereocenters. The van der Waals surface area contributed by atoms with Gasteiger partial charge in [0.25, 0.3) is 0 Å². The van der Waals surface area contributed by atoms with Crippen molar-refractivity contribution in [3.8, 4) is 5.69 Å². The molecule has 0 saturated carbocycles. The first-order valence-corrected chi connectivity index (χ1v) is 6.16. The summed E-state index contributed by atoms with van der Waals surface area (Å²) < 4.78 is 6.57. The van der Waals surface area contributed by atoms with Crippen molar-refractivity contribution < 1.29 is 9.84 Å². The van der Waals surface area contributed by atoms with Crippen LogP contribution in [-0.4, -0.2) is 46.9 Å². The number of para-hydroxylation sites is 1. The van der Waals surface area contributed by atoms with Crippen LogP contribution in [0.15, 0.2) is 36.5 Å². The van der Waals surface area contributed by atoms with Crippen LogP contribution in [0, 0.1) is 0 Å². The van der Waals surface area contributed by atoms with E-state index < -0.39 is 6.10 Å². The highest BCUT2D eigenvalue weighted by Crippen LogP contribution is 2.15. The third kappa shape index (κ3) is 3.60. The topological polar surface area (TPSA) is 72.2 Å². The highest BCUT2D eigenvalue weighted by Gasteiger charge is 2.14. The Balaban J connectivity index is 2.03. The molecule has 0 spiro atoms. The van der Waals surface area contributed by atoms with Gasteiger partial charge in [0, 0.05) is 20.2 Å². The molecule has 2 N–H and O–H groups in total. The van der Waals surface area contributed by atoms with Gasteiger partial charge in [-0.05, 0) is 12.1 Å². The fourth-order valence-corrected chi connectivity index (χ4v) is 1.76. The number of rotatable bonds is 7. The van der Waals surface area contributed by atoms with Gasteiger partial charge in [-0.15, -0.1) is 5.10 Å². The van der Waals surface area contributed by atoms with E-state index in [0.29, 0.717) is 25.4 Å². The van der Waals surface area contributed by atoms with Crippen LogP contribution in [0.4, 0.5) is 0 Å². The Hall–Kier alpha value is -1.76. The summed E-state index contributed by atoms with van der Waals surface area (Å²) in [6.07, 6.45) is 0.919. The molecule has 0 saturated heterocycles. The maximum atomic E-state index is 10.1. The molecule has 0 aliphatic carbocycles. The van der Waals surface area contributed by atoms with Gasteiger partial charge in [0.2, 0.25) is 0 Å². The number of hydrogen-bond acceptors (Lipinski definition) is 5. The Bertz CT molecular complexity index is 486. The van der Waals surface area contributed by atoms with Crippen LogP contribution in [-0.2, 0) is 4.74 Å². The Morgan fingerprint density at radius 1 is 1.37 bits per heavy atom. The zero-order chi connectivity index (χ0) is 13.5. The summed E-state index contributed by atoms with van der Waals surface area (Å²) in [4.78, 5) is 0. The van der Waals surface area contributed by atoms with Crippen LogP contribution < -0.4 is 5.32 Å². The van der Waals surface area contributed by atoms with Gasteiger partial charge in [0.05, 0.1) is 24.2 Å².